The summed E-state index contributed by atoms with van der Waals surface area (Å²) in [7, 11) is 1.97. The number of imidazole rings is 2. The van der Waals surface area contributed by atoms with Gasteiger partial charge >= 0.3 is 0 Å². The third kappa shape index (κ3) is 1.67. The van der Waals surface area contributed by atoms with Crippen LogP contribution in [-0.2, 0) is 25.0 Å². The van der Waals surface area contributed by atoms with E-state index in [0.717, 1.165) is 17.3 Å². The number of hydrogen-bond acceptors (Lipinski definition) is 3. The van der Waals surface area contributed by atoms with E-state index >= 15 is 0 Å². The molecule has 2 aromatic heterocycles. The molecule has 3 aromatic rings. The van der Waals surface area contributed by atoms with E-state index in [1.54, 1.807) is 12.4 Å². The fourth-order valence-electron chi connectivity index (χ4n) is 2.57. The second kappa shape index (κ2) is 4.31. The minimum atomic E-state index is 0.690. The molecule has 0 N–H and O–H groups in total. The van der Waals surface area contributed by atoms with Gasteiger partial charge in [0.25, 0.3) is 0 Å². The van der Waals surface area contributed by atoms with Crippen LogP contribution >= 0.6 is 0 Å². The Balaban J connectivity index is 1.84. The summed E-state index contributed by atoms with van der Waals surface area (Å²) in [4.78, 5) is 8.81. The number of nitrogens with zero attached hydrogens (tertiary/aromatic N) is 4. The van der Waals surface area contributed by atoms with Crippen molar-refractivity contribution < 1.29 is 4.74 Å². The molecule has 0 amide bonds. The zero-order valence-electron chi connectivity index (χ0n) is 11.2. The third-order valence-corrected chi connectivity index (χ3v) is 3.65. The first-order valence-corrected chi connectivity index (χ1v) is 6.54. The predicted molar refractivity (Wildman–Crippen MR) is 74.3 cm³/mol. The van der Waals surface area contributed by atoms with Crippen LogP contribution in [0.2, 0.25) is 0 Å². The summed E-state index contributed by atoms with van der Waals surface area (Å²) in [5, 5.41) is 0. The van der Waals surface area contributed by atoms with E-state index in [4.69, 9.17) is 4.74 Å². The standard InChI is InChI=1S/C15H14N4O/c1-18-6-4-16-14(18)15-17-5-7-19(15)13-3-2-11-9-20-10-12(11)8-13/h2-8H,9-10H2,1H3. The minimum absolute atomic E-state index is 0.690. The molecule has 0 spiro atoms. The Morgan fingerprint density at radius 1 is 1.00 bits per heavy atom. The molecule has 3 heterocycles. The number of aromatic nitrogens is 4. The van der Waals surface area contributed by atoms with Crippen LogP contribution < -0.4 is 0 Å². The van der Waals surface area contributed by atoms with E-state index in [9.17, 15) is 0 Å². The molecular weight excluding hydrogens is 252 g/mol. The summed E-state index contributed by atoms with van der Waals surface area (Å²) in [6, 6.07) is 6.39. The number of ether oxygens (including phenoxy) is 1. The van der Waals surface area contributed by atoms with Crippen LogP contribution in [0.15, 0.2) is 43.0 Å². The Bertz CT molecular complexity index is 772. The van der Waals surface area contributed by atoms with Gasteiger partial charge in [-0.15, -0.1) is 0 Å². The van der Waals surface area contributed by atoms with Gasteiger partial charge in [-0.1, -0.05) is 6.07 Å². The summed E-state index contributed by atoms with van der Waals surface area (Å²) in [5.74, 6) is 1.70. The molecule has 0 fully saturated rings. The summed E-state index contributed by atoms with van der Waals surface area (Å²) in [5.41, 5.74) is 3.61. The fraction of sp³-hybridized carbons (Fsp3) is 0.200. The summed E-state index contributed by atoms with van der Waals surface area (Å²) in [6.45, 7) is 1.40. The van der Waals surface area contributed by atoms with Gasteiger partial charge in [-0.3, -0.25) is 4.57 Å². The van der Waals surface area contributed by atoms with Crippen molar-refractivity contribution in [1.82, 2.24) is 19.1 Å². The van der Waals surface area contributed by atoms with Crippen molar-refractivity contribution in [3.05, 3.63) is 54.1 Å². The van der Waals surface area contributed by atoms with E-state index < -0.39 is 0 Å². The van der Waals surface area contributed by atoms with Crippen molar-refractivity contribution in [3.63, 3.8) is 0 Å². The predicted octanol–water partition coefficient (Wildman–Crippen LogP) is 2.30. The second-order valence-electron chi connectivity index (χ2n) is 4.93. The first-order valence-electron chi connectivity index (χ1n) is 6.54. The number of fused-ring (bicyclic) bond motifs is 1. The highest BCUT2D eigenvalue weighted by Gasteiger charge is 2.15. The maximum absolute atomic E-state index is 5.47. The first kappa shape index (κ1) is 11.4. The van der Waals surface area contributed by atoms with Crippen molar-refractivity contribution in [2.75, 3.05) is 0 Å². The summed E-state index contributed by atoms with van der Waals surface area (Å²) >= 11 is 0. The monoisotopic (exact) mass is 266 g/mol. The van der Waals surface area contributed by atoms with Gasteiger partial charge in [0.05, 0.1) is 13.2 Å². The smallest absolute Gasteiger partial charge is 0.181 e. The maximum Gasteiger partial charge on any atom is 0.181 e. The summed E-state index contributed by atoms with van der Waals surface area (Å²) < 4.78 is 9.49. The van der Waals surface area contributed by atoms with Crippen LogP contribution in [0.5, 0.6) is 0 Å². The Morgan fingerprint density at radius 3 is 2.65 bits per heavy atom. The normalized spacial score (nSPS) is 13.7. The average Bonchev–Trinajstić information content (AvgIpc) is 3.16. The van der Waals surface area contributed by atoms with E-state index in [0.29, 0.717) is 13.2 Å². The molecule has 0 saturated heterocycles. The molecule has 0 saturated carbocycles. The lowest BCUT2D eigenvalue weighted by Crippen LogP contribution is -2.01. The molecule has 5 nitrogen and oxygen atoms in total. The molecule has 1 aliphatic heterocycles. The van der Waals surface area contributed by atoms with Gasteiger partial charge in [0.2, 0.25) is 0 Å². The van der Waals surface area contributed by atoms with Crippen LogP contribution in [-0.4, -0.2) is 19.1 Å². The van der Waals surface area contributed by atoms with E-state index in [2.05, 4.69) is 32.7 Å². The maximum atomic E-state index is 5.47. The molecule has 4 rings (SSSR count). The third-order valence-electron chi connectivity index (χ3n) is 3.65. The second-order valence-corrected chi connectivity index (χ2v) is 4.93. The molecule has 0 atom stereocenters. The number of aryl methyl sites for hydroxylation is 1. The lowest BCUT2D eigenvalue weighted by atomic mass is 10.1. The van der Waals surface area contributed by atoms with Crippen LogP contribution in [0.3, 0.4) is 0 Å². The average molecular weight is 266 g/mol. The Labute approximate surface area is 116 Å². The van der Waals surface area contributed by atoms with Gasteiger partial charge in [-0.25, -0.2) is 9.97 Å². The molecule has 1 aromatic carbocycles. The van der Waals surface area contributed by atoms with E-state index in [1.807, 2.05) is 24.0 Å². The zero-order chi connectivity index (χ0) is 13.5. The highest BCUT2D eigenvalue weighted by atomic mass is 16.5. The van der Waals surface area contributed by atoms with Crippen LogP contribution in [0.25, 0.3) is 17.3 Å². The van der Waals surface area contributed by atoms with Crippen LogP contribution in [0, 0.1) is 0 Å². The number of rotatable bonds is 2. The lowest BCUT2D eigenvalue weighted by Gasteiger charge is -2.09. The van der Waals surface area contributed by atoms with Gasteiger partial charge in [0, 0.05) is 37.5 Å². The molecule has 0 bridgehead atoms. The zero-order valence-corrected chi connectivity index (χ0v) is 11.2. The van der Waals surface area contributed by atoms with Gasteiger partial charge in [0.1, 0.15) is 0 Å². The molecular formula is C15H14N4O. The molecule has 0 unspecified atom stereocenters. The molecule has 100 valence electrons. The molecule has 0 aliphatic carbocycles. The van der Waals surface area contributed by atoms with Crippen LogP contribution in [0.1, 0.15) is 11.1 Å². The van der Waals surface area contributed by atoms with Crippen molar-refractivity contribution in [2.24, 2.45) is 7.05 Å². The van der Waals surface area contributed by atoms with Gasteiger partial charge < -0.3 is 9.30 Å². The van der Waals surface area contributed by atoms with Crippen LogP contribution in [0.4, 0.5) is 0 Å². The van der Waals surface area contributed by atoms with Gasteiger partial charge in [-0.05, 0) is 23.3 Å². The Kier molecular flexibility index (Phi) is 2.47. The molecule has 0 radical (unpaired) electrons. The topological polar surface area (TPSA) is 44.9 Å². The SMILES string of the molecule is Cn1ccnc1-c1nccn1-c1ccc2c(c1)COC2. The van der Waals surface area contributed by atoms with Crippen molar-refractivity contribution >= 4 is 0 Å². The van der Waals surface area contributed by atoms with E-state index in [-0.39, 0.29) is 0 Å². The van der Waals surface area contributed by atoms with Crippen molar-refractivity contribution in [1.29, 1.82) is 0 Å². The molecule has 5 heteroatoms. The highest BCUT2D eigenvalue weighted by Crippen LogP contribution is 2.25. The summed E-state index contributed by atoms with van der Waals surface area (Å²) in [6.07, 6.45) is 7.46. The Hall–Kier alpha value is -2.40. The first-order chi connectivity index (χ1) is 9.83. The van der Waals surface area contributed by atoms with Gasteiger partial charge in [0.15, 0.2) is 11.6 Å². The largest absolute Gasteiger partial charge is 0.372 e. The lowest BCUT2D eigenvalue weighted by molar-refractivity contribution is 0.134. The fourth-order valence-corrected chi connectivity index (χ4v) is 2.57. The van der Waals surface area contributed by atoms with Gasteiger partial charge in [-0.2, -0.15) is 0 Å². The quantitative estimate of drug-likeness (QED) is 0.715. The van der Waals surface area contributed by atoms with E-state index in [1.165, 1.54) is 11.1 Å². The highest BCUT2D eigenvalue weighted by molar-refractivity contribution is 5.52. The number of benzene rings is 1. The van der Waals surface area contributed by atoms with Crippen molar-refractivity contribution in [3.8, 4) is 17.3 Å². The number of hydrogen-bond donors (Lipinski definition) is 0. The molecule has 20 heavy (non-hydrogen) atoms. The minimum Gasteiger partial charge on any atom is -0.372 e. The molecule has 1 aliphatic rings. The van der Waals surface area contributed by atoms with Crippen molar-refractivity contribution in [2.45, 2.75) is 13.2 Å². The Morgan fingerprint density at radius 2 is 1.80 bits per heavy atom.